The molecule has 3 aliphatic rings. The molecular formula is C15H8F2I3O8S2-. The Hall–Kier alpha value is 0.270. The molecule has 0 aromatic heterocycles. The number of fused-ring (bicyclic) bond motifs is 4. The fraction of sp³-hybridized carbons (Fsp3) is 0.467. The fourth-order valence-electron chi connectivity index (χ4n) is 3.47. The van der Waals surface area contributed by atoms with Crippen molar-refractivity contribution >= 4 is 102 Å². The van der Waals surface area contributed by atoms with Crippen LogP contribution < -0.4 is 4.74 Å². The van der Waals surface area contributed by atoms with E-state index in [-0.39, 0.29) is 18.4 Å². The van der Waals surface area contributed by atoms with Crippen molar-refractivity contribution in [1.82, 2.24) is 0 Å². The third-order valence-electron chi connectivity index (χ3n) is 4.86. The summed E-state index contributed by atoms with van der Waals surface area (Å²) in [5, 5.41) is -6.27. The number of rotatable bonds is 3. The van der Waals surface area contributed by atoms with E-state index in [9.17, 15) is 31.3 Å². The lowest BCUT2D eigenvalue weighted by atomic mass is 9.90. The van der Waals surface area contributed by atoms with Crippen molar-refractivity contribution < 1.29 is 45.6 Å². The lowest BCUT2D eigenvalue weighted by Gasteiger charge is -2.41. The Morgan fingerprint density at radius 3 is 2.53 bits per heavy atom. The van der Waals surface area contributed by atoms with Crippen LogP contribution in [0.25, 0.3) is 0 Å². The van der Waals surface area contributed by atoms with Gasteiger partial charge < -0.3 is 18.8 Å². The summed E-state index contributed by atoms with van der Waals surface area (Å²) in [7, 11) is -6.20. The number of alkyl halides is 2. The van der Waals surface area contributed by atoms with E-state index in [1.54, 1.807) is 6.07 Å². The summed E-state index contributed by atoms with van der Waals surface area (Å²) in [4.78, 5) is 24.2. The van der Waals surface area contributed by atoms with Crippen molar-refractivity contribution in [3.8, 4) is 5.75 Å². The Bertz CT molecular complexity index is 1080. The molecule has 1 aromatic rings. The highest BCUT2D eigenvalue weighted by Crippen LogP contribution is 2.57. The SMILES string of the molecule is O=C1OC2(CC3SC2CC3OC(=O)C(F)(F)S(=O)(=O)[O-])Oc2c1cc(I)c(I)c2I. The smallest absolute Gasteiger partial charge is 0.428 e. The molecule has 2 saturated heterocycles. The molecular weight excluding hydrogens is 791 g/mol. The molecule has 4 atom stereocenters. The van der Waals surface area contributed by atoms with E-state index in [4.69, 9.17) is 9.47 Å². The molecule has 2 bridgehead atoms. The minimum Gasteiger partial charge on any atom is -0.743 e. The third-order valence-corrected chi connectivity index (χ3v) is 12.4. The summed E-state index contributed by atoms with van der Waals surface area (Å²) in [6, 6.07) is 1.66. The predicted molar refractivity (Wildman–Crippen MR) is 122 cm³/mol. The molecule has 1 aromatic carbocycles. The van der Waals surface area contributed by atoms with Crippen LogP contribution >= 0.6 is 79.5 Å². The van der Waals surface area contributed by atoms with E-state index in [0.29, 0.717) is 5.75 Å². The molecule has 2 fully saturated rings. The Labute approximate surface area is 213 Å². The summed E-state index contributed by atoms with van der Waals surface area (Å²) in [5.41, 5.74) is 0.283. The number of carbonyl (C=O) groups is 2. The topological polar surface area (TPSA) is 119 Å². The van der Waals surface area contributed by atoms with Gasteiger partial charge >= 0.3 is 17.2 Å². The molecule has 0 amide bonds. The third kappa shape index (κ3) is 3.61. The van der Waals surface area contributed by atoms with Gasteiger partial charge in [0.1, 0.15) is 11.7 Å². The van der Waals surface area contributed by atoms with Crippen LogP contribution in [0.2, 0.25) is 0 Å². The molecule has 3 aliphatic heterocycles. The minimum absolute atomic E-state index is 0.00326. The molecule has 30 heavy (non-hydrogen) atoms. The second kappa shape index (κ2) is 7.66. The molecule has 0 radical (unpaired) electrons. The molecule has 3 heterocycles. The average molecular weight is 799 g/mol. The van der Waals surface area contributed by atoms with E-state index >= 15 is 0 Å². The largest absolute Gasteiger partial charge is 0.743 e. The maximum absolute atomic E-state index is 13.4. The maximum atomic E-state index is 13.4. The average Bonchev–Trinajstić information content (AvgIpc) is 3.17. The molecule has 4 rings (SSSR count). The van der Waals surface area contributed by atoms with Gasteiger partial charge in [-0.25, -0.2) is 18.0 Å². The van der Waals surface area contributed by atoms with Crippen molar-refractivity contribution in [2.24, 2.45) is 0 Å². The van der Waals surface area contributed by atoms with E-state index in [0.717, 1.165) is 10.7 Å². The number of benzene rings is 1. The number of halogens is 5. The summed E-state index contributed by atoms with van der Waals surface area (Å²) in [6.45, 7) is 0. The molecule has 0 saturated carbocycles. The molecule has 8 nitrogen and oxygen atoms in total. The van der Waals surface area contributed by atoms with Crippen LogP contribution in [0.4, 0.5) is 8.78 Å². The van der Waals surface area contributed by atoms with Gasteiger partial charge in [-0.1, -0.05) is 0 Å². The zero-order valence-corrected chi connectivity index (χ0v) is 22.3. The van der Waals surface area contributed by atoms with Gasteiger partial charge in [-0.2, -0.15) is 8.78 Å². The van der Waals surface area contributed by atoms with Crippen LogP contribution in [-0.4, -0.2) is 52.6 Å². The molecule has 0 N–H and O–H groups in total. The minimum atomic E-state index is -6.20. The lowest BCUT2D eigenvalue weighted by Crippen LogP contribution is -2.54. The van der Waals surface area contributed by atoms with E-state index in [2.05, 4.69) is 72.5 Å². The highest BCUT2D eigenvalue weighted by molar-refractivity contribution is 14.1. The number of thioether (sulfide) groups is 1. The van der Waals surface area contributed by atoms with E-state index in [1.807, 2.05) is 0 Å². The summed E-state index contributed by atoms with van der Waals surface area (Å²) in [5.74, 6) is -3.95. The van der Waals surface area contributed by atoms with Gasteiger partial charge in [-0.3, -0.25) is 0 Å². The second-order valence-corrected chi connectivity index (χ2v) is 12.9. The molecule has 15 heteroatoms. The fourth-order valence-corrected chi connectivity index (χ4v) is 7.71. The van der Waals surface area contributed by atoms with Crippen LogP contribution in [0.3, 0.4) is 0 Å². The number of hydrogen-bond acceptors (Lipinski definition) is 9. The van der Waals surface area contributed by atoms with Crippen LogP contribution in [0.1, 0.15) is 23.2 Å². The molecule has 0 aliphatic carbocycles. The van der Waals surface area contributed by atoms with Crippen LogP contribution in [-0.2, 0) is 24.4 Å². The first-order chi connectivity index (χ1) is 13.8. The lowest BCUT2D eigenvalue weighted by molar-refractivity contribution is -0.185. The number of ether oxygens (including phenoxy) is 3. The first-order valence-corrected chi connectivity index (χ1v) is 13.6. The Morgan fingerprint density at radius 1 is 1.30 bits per heavy atom. The van der Waals surface area contributed by atoms with Crippen molar-refractivity contribution in [3.05, 3.63) is 22.3 Å². The maximum Gasteiger partial charge on any atom is 0.428 e. The molecule has 1 spiro atoms. The van der Waals surface area contributed by atoms with Crippen molar-refractivity contribution in [1.29, 1.82) is 0 Å². The number of esters is 2. The predicted octanol–water partition coefficient (Wildman–Crippen LogP) is 3.07. The number of carbonyl (C=O) groups excluding carboxylic acids is 2. The molecule has 164 valence electrons. The monoisotopic (exact) mass is 799 g/mol. The van der Waals surface area contributed by atoms with Gasteiger partial charge in [0, 0.05) is 25.2 Å². The van der Waals surface area contributed by atoms with E-state index < -0.39 is 49.7 Å². The normalized spacial score (nSPS) is 30.1. The Kier molecular flexibility index (Phi) is 5.98. The van der Waals surface area contributed by atoms with Crippen molar-refractivity contribution in [3.63, 3.8) is 0 Å². The second-order valence-electron chi connectivity index (χ2n) is 6.68. The van der Waals surface area contributed by atoms with Gasteiger partial charge in [0.25, 0.3) is 5.79 Å². The van der Waals surface area contributed by atoms with Gasteiger partial charge in [-0.05, 0) is 73.8 Å². The van der Waals surface area contributed by atoms with Gasteiger partial charge in [0.2, 0.25) is 0 Å². The quantitative estimate of drug-likeness (QED) is 0.197. The zero-order valence-electron chi connectivity index (χ0n) is 14.2. The summed E-state index contributed by atoms with van der Waals surface area (Å²) < 4.78 is 77.5. The Morgan fingerprint density at radius 2 is 1.97 bits per heavy atom. The zero-order chi connectivity index (χ0) is 22.2. The van der Waals surface area contributed by atoms with E-state index in [1.165, 1.54) is 11.8 Å². The first kappa shape index (κ1) is 23.4. The van der Waals surface area contributed by atoms with Crippen LogP contribution in [0.15, 0.2) is 6.07 Å². The van der Waals surface area contributed by atoms with Crippen LogP contribution in [0.5, 0.6) is 5.75 Å². The first-order valence-electron chi connectivity index (χ1n) is 8.06. The van der Waals surface area contributed by atoms with Gasteiger partial charge in [-0.15, -0.1) is 11.8 Å². The molecule has 4 unspecified atom stereocenters. The highest BCUT2D eigenvalue weighted by Gasteiger charge is 2.64. The van der Waals surface area contributed by atoms with Gasteiger partial charge in [0.15, 0.2) is 15.9 Å². The van der Waals surface area contributed by atoms with Crippen molar-refractivity contribution in [2.75, 3.05) is 0 Å². The summed E-state index contributed by atoms with van der Waals surface area (Å²) in [6.07, 6.45) is -1.01. The highest BCUT2D eigenvalue weighted by atomic mass is 127. The number of hydrogen-bond donors (Lipinski definition) is 0. The summed E-state index contributed by atoms with van der Waals surface area (Å²) >= 11 is 7.53. The van der Waals surface area contributed by atoms with Crippen LogP contribution in [0, 0.1) is 10.7 Å². The standard InChI is InChI=1S/C15H9F2I3O8S2/c16-15(17,30(23,24)25)13(22)26-6-2-8-14(3-7(6)29-8)27-11-4(12(21)28-14)1-5(18)9(19)10(11)20/h1,6-8H,2-3H2,(H,23,24,25)/p-1. The Balaban J connectivity index is 1.55. The van der Waals surface area contributed by atoms with Gasteiger partial charge in [0.05, 0.1) is 8.82 Å². The van der Waals surface area contributed by atoms with Crippen molar-refractivity contribution in [2.45, 2.75) is 40.5 Å².